The minimum Gasteiger partial charge on any atom is -0.388 e. The van der Waals surface area contributed by atoms with Crippen LogP contribution in [0.2, 0.25) is 0 Å². The molecule has 0 amide bonds. The Morgan fingerprint density at radius 3 is 2.50 bits per heavy atom. The van der Waals surface area contributed by atoms with Crippen molar-refractivity contribution in [3.05, 3.63) is 0 Å². The third-order valence-electron chi connectivity index (χ3n) is 2.63. The molecule has 72 valence electrons. The molecule has 4 nitrogen and oxygen atoms in total. The predicted octanol–water partition coefficient (Wildman–Crippen LogP) is -0.732. The van der Waals surface area contributed by atoms with E-state index in [1.807, 2.05) is 6.92 Å². The van der Waals surface area contributed by atoms with Crippen LogP contribution in [0.3, 0.4) is 0 Å². The minimum absolute atomic E-state index is 0.0859. The Morgan fingerprint density at radius 2 is 2.00 bits per heavy atom. The smallest absolute Gasteiger partial charge is 0.111 e. The molecular weight excluding hydrogens is 160 g/mol. The second-order valence-corrected chi connectivity index (χ2v) is 3.48. The molecule has 0 aliphatic carbocycles. The minimum atomic E-state index is -1.09. The fourth-order valence-corrected chi connectivity index (χ4v) is 1.34. The van der Waals surface area contributed by atoms with Crippen molar-refractivity contribution in [3.63, 3.8) is 0 Å². The van der Waals surface area contributed by atoms with Crippen LogP contribution >= 0.6 is 0 Å². The van der Waals surface area contributed by atoms with E-state index in [9.17, 15) is 10.2 Å². The highest BCUT2D eigenvalue weighted by Gasteiger charge is 2.44. The van der Waals surface area contributed by atoms with E-state index >= 15 is 0 Å². The fourth-order valence-electron chi connectivity index (χ4n) is 1.34. The maximum atomic E-state index is 9.53. The van der Waals surface area contributed by atoms with E-state index in [1.165, 1.54) is 0 Å². The Bertz CT molecular complexity index is 161. The van der Waals surface area contributed by atoms with E-state index in [2.05, 4.69) is 0 Å². The zero-order valence-electron chi connectivity index (χ0n) is 7.40. The first kappa shape index (κ1) is 9.92. The molecule has 1 aliphatic heterocycles. The van der Waals surface area contributed by atoms with Crippen LogP contribution in [-0.2, 0) is 4.74 Å². The van der Waals surface area contributed by atoms with Gasteiger partial charge in [0.05, 0.1) is 12.2 Å². The van der Waals surface area contributed by atoms with E-state index < -0.39 is 23.9 Å². The third kappa shape index (κ3) is 1.47. The first-order valence-corrected chi connectivity index (χ1v) is 4.19. The van der Waals surface area contributed by atoms with Gasteiger partial charge in [-0.25, -0.2) is 0 Å². The molecule has 1 aliphatic rings. The molecule has 1 saturated heterocycles. The van der Waals surface area contributed by atoms with Crippen molar-refractivity contribution in [2.75, 3.05) is 6.61 Å². The average Bonchev–Trinajstić information content (AvgIpc) is 2.09. The van der Waals surface area contributed by atoms with Crippen LogP contribution in [-0.4, -0.2) is 45.8 Å². The molecular formula is C8H16O4. The summed E-state index contributed by atoms with van der Waals surface area (Å²) >= 11 is 0. The molecule has 0 aromatic carbocycles. The lowest BCUT2D eigenvalue weighted by Crippen LogP contribution is -2.59. The van der Waals surface area contributed by atoms with Gasteiger partial charge in [-0.3, -0.25) is 0 Å². The van der Waals surface area contributed by atoms with Crippen molar-refractivity contribution in [3.8, 4) is 0 Å². The summed E-state index contributed by atoms with van der Waals surface area (Å²) in [7, 11) is 0. The number of hydrogen-bond donors (Lipinski definition) is 3. The summed E-state index contributed by atoms with van der Waals surface area (Å²) in [5.74, 6) is 0. The van der Waals surface area contributed by atoms with Crippen LogP contribution in [0.25, 0.3) is 0 Å². The summed E-state index contributed by atoms with van der Waals surface area (Å²) in [6.07, 6.45) is -2.47. The van der Waals surface area contributed by atoms with Gasteiger partial charge in [0.15, 0.2) is 0 Å². The van der Waals surface area contributed by atoms with E-state index in [1.54, 1.807) is 6.92 Å². The topological polar surface area (TPSA) is 69.9 Å². The lowest BCUT2D eigenvalue weighted by molar-refractivity contribution is -0.230. The molecule has 0 aromatic rings. The summed E-state index contributed by atoms with van der Waals surface area (Å²) in [5, 5.41) is 28.0. The maximum absolute atomic E-state index is 9.53. The Balaban J connectivity index is 2.71. The highest BCUT2D eigenvalue weighted by Crippen LogP contribution is 2.28. The summed E-state index contributed by atoms with van der Waals surface area (Å²) in [6.45, 7) is 3.68. The van der Waals surface area contributed by atoms with Gasteiger partial charge >= 0.3 is 0 Å². The van der Waals surface area contributed by atoms with Gasteiger partial charge in [-0.15, -0.1) is 0 Å². The largest absolute Gasteiger partial charge is 0.388 e. The molecule has 4 heteroatoms. The van der Waals surface area contributed by atoms with Gasteiger partial charge in [0.25, 0.3) is 0 Å². The van der Waals surface area contributed by atoms with E-state index in [0.29, 0.717) is 6.42 Å². The van der Waals surface area contributed by atoms with Crippen LogP contribution in [0.4, 0.5) is 0 Å². The Labute approximate surface area is 71.8 Å². The van der Waals surface area contributed by atoms with Crippen molar-refractivity contribution in [1.29, 1.82) is 0 Å². The molecule has 4 atom stereocenters. The maximum Gasteiger partial charge on any atom is 0.111 e. The molecule has 12 heavy (non-hydrogen) atoms. The summed E-state index contributed by atoms with van der Waals surface area (Å²) in [5.41, 5.74) is -0.724. The van der Waals surface area contributed by atoms with Gasteiger partial charge in [0.1, 0.15) is 18.3 Å². The standard InChI is InChI=1S/C8H16O4/c1-3-8(2)7(11)6(10)5(9)4-12-8/h5-7,9-11H,3-4H2,1-2H3/t5-,6+,7?,8-/m1/s1. The predicted molar refractivity (Wildman–Crippen MR) is 42.7 cm³/mol. The van der Waals surface area contributed by atoms with Gasteiger partial charge in [0, 0.05) is 0 Å². The molecule has 0 bridgehead atoms. The highest BCUT2D eigenvalue weighted by atomic mass is 16.5. The number of aliphatic hydroxyl groups excluding tert-OH is 3. The lowest BCUT2D eigenvalue weighted by Gasteiger charge is -2.42. The second kappa shape index (κ2) is 3.30. The van der Waals surface area contributed by atoms with Crippen molar-refractivity contribution in [2.24, 2.45) is 0 Å². The van der Waals surface area contributed by atoms with E-state index in [0.717, 1.165) is 0 Å². The van der Waals surface area contributed by atoms with Crippen LogP contribution in [0.1, 0.15) is 20.3 Å². The quantitative estimate of drug-likeness (QED) is 0.492. The molecule has 3 N–H and O–H groups in total. The molecule has 0 aromatic heterocycles. The molecule has 1 fully saturated rings. The van der Waals surface area contributed by atoms with Gasteiger partial charge in [-0.05, 0) is 13.3 Å². The Kier molecular flexibility index (Phi) is 2.73. The SMILES string of the molecule is CC[C@@]1(C)OC[C@@H](O)[C@H](O)C1O. The molecule has 1 heterocycles. The highest BCUT2D eigenvalue weighted by molar-refractivity contribution is 4.94. The summed E-state index contributed by atoms with van der Waals surface area (Å²) in [4.78, 5) is 0. The number of ether oxygens (including phenoxy) is 1. The lowest BCUT2D eigenvalue weighted by atomic mass is 9.87. The first-order chi connectivity index (χ1) is 5.51. The van der Waals surface area contributed by atoms with Crippen molar-refractivity contribution in [1.82, 2.24) is 0 Å². The van der Waals surface area contributed by atoms with E-state index in [4.69, 9.17) is 9.84 Å². The molecule has 0 spiro atoms. The molecule has 1 rings (SSSR count). The van der Waals surface area contributed by atoms with Crippen molar-refractivity contribution < 1.29 is 20.1 Å². The molecule has 1 unspecified atom stereocenters. The van der Waals surface area contributed by atoms with Crippen LogP contribution in [0.5, 0.6) is 0 Å². The average molecular weight is 176 g/mol. The van der Waals surface area contributed by atoms with Gasteiger partial charge < -0.3 is 20.1 Å². The zero-order valence-corrected chi connectivity index (χ0v) is 7.40. The number of hydrogen-bond acceptors (Lipinski definition) is 4. The third-order valence-corrected chi connectivity index (χ3v) is 2.63. The first-order valence-electron chi connectivity index (χ1n) is 4.19. The van der Waals surface area contributed by atoms with Gasteiger partial charge in [-0.2, -0.15) is 0 Å². The van der Waals surface area contributed by atoms with Gasteiger partial charge in [0.2, 0.25) is 0 Å². The fraction of sp³-hybridized carbons (Fsp3) is 1.00. The number of aliphatic hydroxyl groups is 3. The normalized spacial score (nSPS) is 49.2. The number of rotatable bonds is 1. The zero-order chi connectivity index (χ0) is 9.35. The Hall–Kier alpha value is -0.160. The van der Waals surface area contributed by atoms with E-state index in [-0.39, 0.29) is 6.61 Å². The van der Waals surface area contributed by atoms with Crippen LogP contribution in [0.15, 0.2) is 0 Å². The van der Waals surface area contributed by atoms with Crippen LogP contribution < -0.4 is 0 Å². The van der Waals surface area contributed by atoms with Crippen LogP contribution in [0, 0.1) is 0 Å². The molecule has 0 radical (unpaired) electrons. The van der Waals surface area contributed by atoms with Gasteiger partial charge in [-0.1, -0.05) is 6.92 Å². The molecule has 0 saturated carbocycles. The second-order valence-electron chi connectivity index (χ2n) is 3.48. The van der Waals surface area contributed by atoms with Crippen molar-refractivity contribution in [2.45, 2.75) is 44.2 Å². The monoisotopic (exact) mass is 176 g/mol. The summed E-state index contributed by atoms with van der Waals surface area (Å²) < 4.78 is 5.25. The summed E-state index contributed by atoms with van der Waals surface area (Å²) in [6, 6.07) is 0. The van der Waals surface area contributed by atoms with Crippen molar-refractivity contribution >= 4 is 0 Å². The Morgan fingerprint density at radius 1 is 1.42 bits per heavy atom.